The molecule has 0 saturated heterocycles. The van der Waals surface area contributed by atoms with Crippen LogP contribution < -0.4 is 5.32 Å². The average Bonchev–Trinajstić information content (AvgIpc) is 2.43. The topological polar surface area (TPSA) is 95.9 Å². The van der Waals surface area contributed by atoms with Crippen LogP contribution in [0.25, 0.3) is 6.08 Å². The highest BCUT2D eigenvalue weighted by molar-refractivity contribution is 5.94. The summed E-state index contributed by atoms with van der Waals surface area (Å²) in [6.45, 7) is -0.181. The molecule has 3 N–H and O–H groups in total. The molecule has 1 rings (SSSR count). The van der Waals surface area contributed by atoms with Gasteiger partial charge in [-0.05, 0) is 11.6 Å². The van der Waals surface area contributed by atoms with Crippen molar-refractivity contribution in [2.45, 2.75) is 12.1 Å². The summed E-state index contributed by atoms with van der Waals surface area (Å²) < 4.78 is 4.66. The van der Waals surface area contributed by atoms with Gasteiger partial charge in [0.2, 0.25) is 5.91 Å². The molecule has 0 saturated carbocycles. The van der Waals surface area contributed by atoms with Crippen LogP contribution in [-0.2, 0) is 14.3 Å². The number of aliphatic carboxylic acids is 1. The first-order valence-electron chi connectivity index (χ1n) is 5.98. The summed E-state index contributed by atoms with van der Waals surface area (Å²) in [6.07, 6.45) is 1.45. The molecule has 0 fully saturated rings. The first kappa shape index (κ1) is 15.9. The van der Waals surface area contributed by atoms with Crippen molar-refractivity contribution in [3.8, 4) is 0 Å². The third kappa shape index (κ3) is 5.21. The molecule has 0 aliphatic rings. The molecule has 108 valence electrons. The number of aliphatic hydroxyl groups excluding tert-OH is 1. The summed E-state index contributed by atoms with van der Waals surface area (Å²) in [7, 11) is 1.33. The summed E-state index contributed by atoms with van der Waals surface area (Å²) in [6, 6.07) is 7.68. The Kier molecular flexibility index (Phi) is 6.42. The van der Waals surface area contributed by atoms with Gasteiger partial charge in [-0.2, -0.15) is 0 Å². The van der Waals surface area contributed by atoms with Crippen LogP contribution in [0.5, 0.6) is 0 Å². The first-order chi connectivity index (χ1) is 9.54. The second-order valence-electron chi connectivity index (χ2n) is 4.09. The Hall–Kier alpha value is -2.18. The molecule has 20 heavy (non-hydrogen) atoms. The Morgan fingerprint density at radius 2 is 2.00 bits per heavy atom. The van der Waals surface area contributed by atoms with Crippen LogP contribution in [0.4, 0.5) is 0 Å². The van der Waals surface area contributed by atoms with Gasteiger partial charge in [-0.15, -0.1) is 0 Å². The molecule has 0 aliphatic carbocycles. The van der Waals surface area contributed by atoms with Gasteiger partial charge in [-0.3, -0.25) is 4.79 Å². The number of carbonyl (C=O) groups excluding carboxylic acids is 1. The van der Waals surface area contributed by atoms with Gasteiger partial charge in [0, 0.05) is 13.2 Å². The second kappa shape index (κ2) is 8.08. The van der Waals surface area contributed by atoms with Crippen LogP contribution in [0, 0.1) is 0 Å². The molecule has 0 bridgehead atoms. The van der Waals surface area contributed by atoms with E-state index in [9.17, 15) is 14.7 Å². The quantitative estimate of drug-likeness (QED) is 0.623. The molecule has 0 spiro atoms. The van der Waals surface area contributed by atoms with E-state index in [-0.39, 0.29) is 6.61 Å². The van der Waals surface area contributed by atoms with Crippen LogP contribution >= 0.6 is 0 Å². The minimum atomic E-state index is -1.41. The van der Waals surface area contributed by atoms with Crippen molar-refractivity contribution in [3.63, 3.8) is 0 Å². The van der Waals surface area contributed by atoms with Gasteiger partial charge in [-0.1, -0.05) is 30.3 Å². The van der Waals surface area contributed by atoms with Gasteiger partial charge >= 0.3 is 5.97 Å². The van der Waals surface area contributed by atoms with Gasteiger partial charge < -0.3 is 20.3 Å². The van der Waals surface area contributed by atoms with Crippen LogP contribution in [0.1, 0.15) is 5.56 Å². The van der Waals surface area contributed by atoms with E-state index in [2.05, 4.69) is 10.1 Å². The van der Waals surface area contributed by atoms with Gasteiger partial charge in [0.05, 0.1) is 6.61 Å². The van der Waals surface area contributed by atoms with Crippen molar-refractivity contribution >= 4 is 18.0 Å². The van der Waals surface area contributed by atoms with E-state index >= 15 is 0 Å². The molecule has 1 aromatic carbocycles. The lowest BCUT2D eigenvalue weighted by atomic mass is 10.1. The fourth-order valence-electron chi connectivity index (χ4n) is 1.53. The zero-order chi connectivity index (χ0) is 15.0. The highest BCUT2D eigenvalue weighted by Gasteiger charge is 2.27. The number of carboxylic acid groups (broad SMARTS) is 1. The molecule has 0 heterocycles. The number of ether oxygens (including phenoxy) is 1. The standard InChI is InChI=1S/C14H17NO5/c1-20-9-11(16)13(14(18)19)15-12(17)8-7-10-5-3-2-4-6-10/h2-8,11,13,16H,9H2,1H3,(H,15,17)(H,18,19)/t11-,13+/m0/s1. The van der Waals surface area contributed by atoms with Gasteiger partial charge in [0.15, 0.2) is 6.04 Å². The number of carboxylic acids is 1. The molecule has 0 unspecified atom stereocenters. The molecular weight excluding hydrogens is 262 g/mol. The number of hydrogen-bond acceptors (Lipinski definition) is 4. The van der Waals surface area contributed by atoms with Gasteiger partial charge in [0.25, 0.3) is 0 Å². The van der Waals surface area contributed by atoms with Crippen molar-refractivity contribution in [1.29, 1.82) is 0 Å². The molecule has 1 aromatic rings. The lowest BCUT2D eigenvalue weighted by molar-refractivity contribution is -0.145. The number of carbonyl (C=O) groups is 2. The van der Waals surface area contributed by atoms with Crippen molar-refractivity contribution in [2.75, 3.05) is 13.7 Å². The van der Waals surface area contributed by atoms with Gasteiger partial charge in [0.1, 0.15) is 6.10 Å². The molecule has 6 heteroatoms. The number of amides is 1. The number of rotatable bonds is 7. The predicted molar refractivity (Wildman–Crippen MR) is 72.9 cm³/mol. The number of benzene rings is 1. The average molecular weight is 279 g/mol. The normalized spacial score (nSPS) is 13.9. The number of aliphatic hydroxyl groups is 1. The molecule has 0 radical (unpaired) electrons. The third-order valence-electron chi connectivity index (χ3n) is 2.51. The molecule has 0 aliphatic heterocycles. The van der Waals surface area contributed by atoms with Crippen LogP contribution in [0.3, 0.4) is 0 Å². The highest BCUT2D eigenvalue weighted by Crippen LogP contribution is 2.01. The second-order valence-corrected chi connectivity index (χ2v) is 4.09. The fraction of sp³-hybridized carbons (Fsp3) is 0.286. The minimum Gasteiger partial charge on any atom is -0.480 e. The Morgan fingerprint density at radius 3 is 2.55 bits per heavy atom. The van der Waals surface area contributed by atoms with Gasteiger partial charge in [-0.25, -0.2) is 4.79 Å². The van der Waals surface area contributed by atoms with Crippen molar-refractivity contribution in [3.05, 3.63) is 42.0 Å². The van der Waals surface area contributed by atoms with E-state index in [1.165, 1.54) is 13.2 Å². The van der Waals surface area contributed by atoms with E-state index in [0.29, 0.717) is 0 Å². The van der Waals surface area contributed by atoms with Crippen LogP contribution in [0.2, 0.25) is 0 Å². The maximum absolute atomic E-state index is 11.6. The van der Waals surface area contributed by atoms with Crippen molar-refractivity contribution < 1.29 is 24.5 Å². The summed E-state index contributed by atoms with van der Waals surface area (Å²) in [5.74, 6) is -1.92. The maximum Gasteiger partial charge on any atom is 0.329 e. The summed E-state index contributed by atoms with van der Waals surface area (Å²) in [4.78, 5) is 22.6. The molecular formula is C14H17NO5. The summed E-state index contributed by atoms with van der Waals surface area (Å²) in [5.41, 5.74) is 0.812. The third-order valence-corrected chi connectivity index (χ3v) is 2.51. The lowest BCUT2D eigenvalue weighted by Gasteiger charge is -2.18. The Bertz CT molecular complexity index is 472. The Balaban J connectivity index is 2.63. The Labute approximate surface area is 116 Å². The summed E-state index contributed by atoms with van der Waals surface area (Å²) >= 11 is 0. The number of hydrogen-bond donors (Lipinski definition) is 3. The van der Waals surface area contributed by atoms with E-state index in [4.69, 9.17) is 5.11 Å². The van der Waals surface area contributed by atoms with E-state index < -0.39 is 24.0 Å². The number of nitrogens with one attached hydrogen (secondary N) is 1. The van der Waals surface area contributed by atoms with Crippen LogP contribution in [-0.4, -0.2) is 48.0 Å². The SMILES string of the molecule is COC[C@H](O)[C@@H](NC(=O)C=Cc1ccccc1)C(=O)O. The highest BCUT2D eigenvalue weighted by atomic mass is 16.5. The molecule has 6 nitrogen and oxygen atoms in total. The smallest absolute Gasteiger partial charge is 0.329 e. The van der Waals surface area contributed by atoms with E-state index in [1.54, 1.807) is 18.2 Å². The zero-order valence-corrected chi connectivity index (χ0v) is 11.0. The zero-order valence-electron chi connectivity index (χ0n) is 11.0. The fourth-order valence-corrected chi connectivity index (χ4v) is 1.53. The minimum absolute atomic E-state index is 0.181. The summed E-state index contributed by atoms with van der Waals surface area (Å²) in [5, 5.41) is 20.7. The number of methoxy groups -OCH3 is 1. The van der Waals surface area contributed by atoms with Crippen molar-refractivity contribution in [1.82, 2.24) is 5.32 Å². The largest absolute Gasteiger partial charge is 0.480 e. The van der Waals surface area contributed by atoms with E-state index in [1.807, 2.05) is 18.2 Å². The van der Waals surface area contributed by atoms with Crippen LogP contribution in [0.15, 0.2) is 36.4 Å². The van der Waals surface area contributed by atoms with Crippen molar-refractivity contribution in [2.24, 2.45) is 0 Å². The van der Waals surface area contributed by atoms with E-state index in [0.717, 1.165) is 5.56 Å². The Morgan fingerprint density at radius 1 is 1.35 bits per heavy atom. The monoisotopic (exact) mass is 279 g/mol. The molecule has 2 atom stereocenters. The molecule has 0 aromatic heterocycles. The maximum atomic E-state index is 11.6. The first-order valence-corrected chi connectivity index (χ1v) is 5.98. The molecule has 1 amide bonds. The lowest BCUT2D eigenvalue weighted by Crippen LogP contribution is -2.49. The predicted octanol–water partition coefficient (Wildman–Crippen LogP) is 0.276.